The van der Waals surface area contributed by atoms with Gasteiger partial charge in [-0.05, 0) is 55.2 Å². The molecule has 1 N–H and O–H groups in total. The minimum atomic E-state index is -0.239. The first kappa shape index (κ1) is 14.4. The van der Waals surface area contributed by atoms with Gasteiger partial charge in [-0.2, -0.15) is 0 Å². The summed E-state index contributed by atoms with van der Waals surface area (Å²) < 4.78 is 14.4. The van der Waals surface area contributed by atoms with Crippen LogP contribution in [-0.2, 0) is 6.42 Å². The highest BCUT2D eigenvalue weighted by Gasteiger charge is 2.10. The lowest BCUT2D eigenvalue weighted by Crippen LogP contribution is -2.00. The Morgan fingerprint density at radius 3 is 2.68 bits per heavy atom. The van der Waals surface area contributed by atoms with Crippen LogP contribution < -0.4 is 5.32 Å². The molecule has 0 aliphatic carbocycles. The number of anilines is 2. The van der Waals surface area contributed by atoms with Gasteiger partial charge in [-0.15, -0.1) is 0 Å². The lowest BCUT2D eigenvalue weighted by molar-refractivity contribution is 0.621. The lowest BCUT2D eigenvalue weighted by Gasteiger charge is -2.12. The van der Waals surface area contributed by atoms with Gasteiger partial charge in [-0.1, -0.05) is 19.1 Å². The fourth-order valence-electron chi connectivity index (χ4n) is 2.43. The molecule has 0 aliphatic heterocycles. The molecular weight excluding hydrogens is 277 g/mol. The largest absolute Gasteiger partial charge is 0.337 e. The molecule has 1 heterocycles. The number of nitrogens with one attached hydrogen (secondary N) is 1. The Labute approximate surface area is 129 Å². The molecular formula is C18H18FN3. The number of halogens is 1. The molecule has 0 atom stereocenters. The Morgan fingerprint density at radius 2 is 1.91 bits per heavy atom. The molecule has 0 saturated heterocycles. The molecule has 112 valence electrons. The number of rotatable bonds is 3. The van der Waals surface area contributed by atoms with Crippen LogP contribution >= 0.6 is 0 Å². The topological polar surface area (TPSA) is 37.8 Å². The van der Waals surface area contributed by atoms with Crippen molar-refractivity contribution in [2.75, 3.05) is 5.32 Å². The fraction of sp³-hybridized carbons (Fsp3) is 0.222. The summed E-state index contributed by atoms with van der Waals surface area (Å²) in [5.74, 6) is 0.381. The zero-order chi connectivity index (χ0) is 15.7. The van der Waals surface area contributed by atoms with Crippen LogP contribution in [0, 0.1) is 19.7 Å². The number of hydrogen-bond donors (Lipinski definition) is 1. The van der Waals surface area contributed by atoms with Crippen molar-refractivity contribution >= 4 is 22.4 Å². The summed E-state index contributed by atoms with van der Waals surface area (Å²) in [6.45, 7) is 5.78. The molecule has 3 rings (SSSR count). The Balaban J connectivity index is 2.06. The van der Waals surface area contributed by atoms with Crippen LogP contribution in [0.3, 0.4) is 0 Å². The van der Waals surface area contributed by atoms with Crippen molar-refractivity contribution in [2.24, 2.45) is 0 Å². The summed E-state index contributed by atoms with van der Waals surface area (Å²) in [5, 5.41) is 3.98. The van der Waals surface area contributed by atoms with Gasteiger partial charge < -0.3 is 5.32 Å². The second kappa shape index (κ2) is 5.72. The third-order valence-electron chi connectivity index (χ3n) is 4.02. The van der Waals surface area contributed by atoms with Crippen molar-refractivity contribution < 1.29 is 4.39 Å². The van der Waals surface area contributed by atoms with E-state index in [1.54, 1.807) is 13.0 Å². The predicted molar refractivity (Wildman–Crippen MR) is 88.1 cm³/mol. The molecule has 0 bridgehead atoms. The SMILES string of the molecule is CCc1ccc2c(Nc3ccc(C)c(C)c3F)ncnc2c1. The third kappa shape index (κ3) is 2.52. The summed E-state index contributed by atoms with van der Waals surface area (Å²) in [5.41, 5.74) is 4.10. The number of fused-ring (bicyclic) bond motifs is 1. The van der Waals surface area contributed by atoms with E-state index in [9.17, 15) is 4.39 Å². The molecule has 0 saturated carbocycles. The van der Waals surface area contributed by atoms with Gasteiger partial charge in [0.05, 0.1) is 11.2 Å². The smallest absolute Gasteiger partial charge is 0.149 e. The van der Waals surface area contributed by atoms with E-state index < -0.39 is 0 Å². The zero-order valence-corrected chi connectivity index (χ0v) is 12.9. The average Bonchev–Trinajstić information content (AvgIpc) is 2.55. The quantitative estimate of drug-likeness (QED) is 0.761. The molecule has 3 nitrogen and oxygen atoms in total. The summed E-state index contributed by atoms with van der Waals surface area (Å²) in [6, 6.07) is 9.72. The van der Waals surface area contributed by atoms with Crippen molar-refractivity contribution in [1.82, 2.24) is 9.97 Å². The highest BCUT2D eigenvalue weighted by Crippen LogP contribution is 2.27. The highest BCUT2D eigenvalue weighted by molar-refractivity contribution is 5.91. The molecule has 2 aromatic carbocycles. The Bertz CT molecular complexity index is 843. The van der Waals surface area contributed by atoms with Gasteiger partial charge in [0.15, 0.2) is 0 Å². The van der Waals surface area contributed by atoms with Crippen molar-refractivity contribution in [3.8, 4) is 0 Å². The van der Waals surface area contributed by atoms with Crippen LogP contribution in [0.5, 0.6) is 0 Å². The van der Waals surface area contributed by atoms with Gasteiger partial charge >= 0.3 is 0 Å². The second-order valence-electron chi connectivity index (χ2n) is 5.42. The van der Waals surface area contributed by atoms with E-state index in [0.717, 1.165) is 22.9 Å². The number of nitrogens with zero attached hydrogens (tertiary/aromatic N) is 2. The molecule has 0 aliphatic rings. The Hall–Kier alpha value is -2.49. The van der Waals surface area contributed by atoms with E-state index in [4.69, 9.17) is 0 Å². The van der Waals surface area contributed by atoms with Gasteiger partial charge in [0.2, 0.25) is 0 Å². The third-order valence-corrected chi connectivity index (χ3v) is 4.02. The summed E-state index contributed by atoms with van der Waals surface area (Å²) >= 11 is 0. The molecule has 0 radical (unpaired) electrons. The van der Waals surface area contributed by atoms with Gasteiger partial charge in [0.1, 0.15) is 18.0 Å². The van der Waals surface area contributed by atoms with Gasteiger partial charge in [0.25, 0.3) is 0 Å². The maximum Gasteiger partial charge on any atom is 0.149 e. The van der Waals surface area contributed by atoms with E-state index in [2.05, 4.69) is 22.2 Å². The number of aryl methyl sites for hydroxylation is 2. The molecule has 4 heteroatoms. The molecule has 0 fully saturated rings. The van der Waals surface area contributed by atoms with Gasteiger partial charge in [-0.3, -0.25) is 0 Å². The van der Waals surface area contributed by atoms with Crippen LogP contribution in [0.2, 0.25) is 0 Å². The second-order valence-corrected chi connectivity index (χ2v) is 5.42. The van der Waals surface area contributed by atoms with E-state index >= 15 is 0 Å². The predicted octanol–water partition coefficient (Wildman–Crippen LogP) is 4.69. The minimum absolute atomic E-state index is 0.239. The number of aromatic nitrogens is 2. The van der Waals surface area contributed by atoms with Gasteiger partial charge in [0, 0.05) is 5.39 Å². The van der Waals surface area contributed by atoms with E-state index in [0.29, 0.717) is 17.1 Å². The van der Waals surface area contributed by atoms with Crippen molar-refractivity contribution in [3.63, 3.8) is 0 Å². The van der Waals surface area contributed by atoms with Crippen molar-refractivity contribution in [2.45, 2.75) is 27.2 Å². The lowest BCUT2D eigenvalue weighted by atomic mass is 10.1. The van der Waals surface area contributed by atoms with Crippen molar-refractivity contribution in [3.05, 3.63) is 59.2 Å². The molecule has 0 unspecified atom stereocenters. The first-order valence-corrected chi connectivity index (χ1v) is 7.36. The summed E-state index contributed by atoms with van der Waals surface area (Å²) in [7, 11) is 0. The maximum absolute atomic E-state index is 14.4. The zero-order valence-electron chi connectivity index (χ0n) is 12.9. The molecule has 22 heavy (non-hydrogen) atoms. The van der Waals surface area contributed by atoms with Crippen LogP contribution in [0.4, 0.5) is 15.9 Å². The number of benzene rings is 2. The minimum Gasteiger partial charge on any atom is -0.337 e. The standard InChI is InChI=1S/C18H18FN3/c1-4-13-6-7-14-16(9-13)20-10-21-18(14)22-15-8-5-11(2)12(3)17(15)19/h5-10H,4H2,1-3H3,(H,20,21,22). The Morgan fingerprint density at radius 1 is 1.09 bits per heavy atom. The average molecular weight is 295 g/mol. The molecule has 0 spiro atoms. The van der Waals surface area contributed by atoms with Crippen LogP contribution in [0.1, 0.15) is 23.6 Å². The Kier molecular flexibility index (Phi) is 3.75. The number of hydrogen-bond acceptors (Lipinski definition) is 3. The summed E-state index contributed by atoms with van der Waals surface area (Å²) in [6.07, 6.45) is 2.46. The first-order chi connectivity index (χ1) is 10.6. The maximum atomic E-state index is 14.4. The monoisotopic (exact) mass is 295 g/mol. The molecule has 3 aromatic rings. The van der Waals surface area contributed by atoms with Crippen LogP contribution in [0.15, 0.2) is 36.7 Å². The van der Waals surface area contributed by atoms with Gasteiger partial charge in [-0.25, -0.2) is 14.4 Å². The summed E-state index contributed by atoms with van der Waals surface area (Å²) in [4.78, 5) is 8.56. The van der Waals surface area contributed by atoms with Crippen LogP contribution in [0.25, 0.3) is 10.9 Å². The first-order valence-electron chi connectivity index (χ1n) is 7.36. The van der Waals surface area contributed by atoms with E-state index in [1.165, 1.54) is 11.9 Å². The normalized spacial score (nSPS) is 10.9. The van der Waals surface area contributed by atoms with E-state index in [1.807, 2.05) is 31.2 Å². The van der Waals surface area contributed by atoms with E-state index in [-0.39, 0.29) is 5.82 Å². The molecule has 0 amide bonds. The highest BCUT2D eigenvalue weighted by atomic mass is 19.1. The van der Waals surface area contributed by atoms with Crippen LogP contribution in [-0.4, -0.2) is 9.97 Å². The van der Waals surface area contributed by atoms with Crippen molar-refractivity contribution in [1.29, 1.82) is 0 Å². The fourth-order valence-corrected chi connectivity index (χ4v) is 2.43. The molecule has 1 aromatic heterocycles.